The van der Waals surface area contributed by atoms with Gasteiger partial charge in [0.15, 0.2) is 0 Å². The number of halogens is 3. The maximum atomic E-state index is 13.2. The number of rotatable bonds is 4. The molecule has 1 aliphatic rings. The molecule has 7 nitrogen and oxygen atoms in total. The van der Waals surface area contributed by atoms with Crippen LogP contribution in [0.15, 0.2) is 17.2 Å². The molecule has 0 atom stereocenters. The molecule has 0 aromatic heterocycles. The quantitative estimate of drug-likeness (QED) is 0.306. The molecule has 0 saturated carbocycles. The summed E-state index contributed by atoms with van der Waals surface area (Å²) < 4.78 is 45.0. The number of ether oxygens (including phenoxy) is 1. The Balaban J connectivity index is 0.00000420. The predicted octanol–water partition coefficient (Wildman–Crippen LogP) is 1.05. The SMILES string of the molecule is Cc1c(CN2CCN(C(=O)OC(C)(C)C)CC2)cc([B-](F)(F)F)cc1N=[N+]=[N-].[K+]. The van der Waals surface area contributed by atoms with Crippen LogP contribution in [0.3, 0.4) is 0 Å². The third-order valence-corrected chi connectivity index (χ3v) is 4.46. The van der Waals surface area contributed by atoms with E-state index in [0.29, 0.717) is 37.3 Å². The smallest absolute Gasteiger partial charge is 0.445 e. The van der Waals surface area contributed by atoms with Crippen LogP contribution >= 0.6 is 0 Å². The molecule has 154 valence electrons. The number of hydrogen-bond donors (Lipinski definition) is 0. The van der Waals surface area contributed by atoms with E-state index in [1.807, 2.05) is 4.90 Å². The summed E-state index contributed by atoms with van der Waals surface area (Å²) in [5, 5.41) is 3.41. The molecule has 1 fully saturated rings. The fraction of sp³-hybridized carbons (Fsp3) is 0.588. The number of amides is 1. The Bertz CT molecular complexity index is 786. The van der Waals surface area contributed by atoms with Crippen molar-refractivity contribution < 1.29 is 73.9 Å². The molecule has 0 bridgehead atoms. The number of carbonyl (C=O) groups is 1. The van der Waals surface area contributed by atoms with Gasteiger partial charge in [-0.3, -0.25) is 4.90 Å². The van der Waals surface area contributed by atoms with Gasteiger partial charge in [0.2, 0.25) is 0 Å². The van der Waals surface area contributed by atoms with E-state index in [9.17, 15) is 17.7 Å². The number of nitrogens with zero attached hydrogens (tertiary/aromatic N) is 5. The van der Waals surface area contributed by atoms with Crippen LogP contribution in [-0.4, -0.2) is 54.7 Å². The van der Waals surface area contributed by atoms with E-state index in [4.69, 9.17) is 10.3 Å². The first-order chi connectivity index (χ1) is 12.9. The molecule has 1 aromatic rings. The fourth-order valence-corrected chi connectivity index (χ4v) is 2.94. The molecular formula is C17H24BF3KN5O2. The molecule has 0 N–H and O–H groups in total. The Hall–Kier alpha value is -0.749. The molecule has 0 aliphatic carbocycles. The van der Waals surface area contributed by atoms with Crippen molar-refractivity contribution in [3.8, 4) is 0 Å². The molecule has 1 aliphatic heterocycles. The fourth-order valence-electron chi connectivity index (χ4n) is 2.94. The first kappa shape index (κ1) is 26.3. The van der Waals surface area contributed by atoms with Crippen LogP contribution in [0, 0.1) is 6.92 Å². The summed E-state index contributed by atoms with van der Waals surface area (Å²) in [5.41, 5.74) is 8.25. The molecular weight excluding hydrogens is 413 g/mol. The van der Waals surface area contributed by atoms with Gasteiger partial charge in [0.25, 0.3) is 0 Å². The average molecular weight is 437 g/mol. The van der Waals surface area contributed by atoms with Crippen LogP contribution in [-0.2, 0) is 11.3 Å². The van der Waals surface area contributed by atoms with Gasteiger partial charge in [0.1, 0.15) is 5.60 Å². The second-order valence-electron chi connectivity index (χ2n) is 7.83. The van der Waals surface area contributed by atoms with E-state index >= 15 is 0 Å². The van der Waals surface area contributed by atoms with Crippen LogP contribution in [0.5, 0.6) is 0 Å². The molecule has 12 heteroatoms. The van der Waals surface area contributed by atoms with E-state index in [-0.39, 0.29) is 63.6 Å². The normalized spacial score (nSPS) is 15.3. The second kappa shape index (κ2) is 10.5. The Morgan fingerprint density at radius 1 is 1.24 bits per heavy atom. The van der Waals surface area contributed by atoms with Gasteiger partial charge in [-0.25, -0.2) is 4.79 Å². The maximum absolute atomic E-state index is 13.2. The van der Waals surface area contributed by atoms with Crippen molar-refractivity contribution in [3.05, 3.63) is 33.7 Å². The summed E-state index contributed by atoms with van der Waals surface area (Å²) in [6, 6.07) is 2.00. The molecule has 1 amide bonds. The van der Waals surface area contributed by atoms with Crippen LogP contribution < -0.4 is 56.8 Å². The average Bonchev–Trinajstić information content (AvgIpc) is 2.56. The van der Waals surface area contributed by atoms with Crippen molar-refractivity contribution in [2.45, 2.75) is 39.8 Å². The Morgan fingerprint density at radius 3 is 2.31 bits per heavy atom. The van der Waals surface area contributed by atoms with Gasteiger partial charge >= 0.3 is 64.5 Å². The molecule has 2 rings (SSSR count). The Morgan fingerprint density at radius 2 is 1.83 bits per heavy atom. The van der Waals surface area contributed by atoms with Gasteiger partial charge in [-0.1, -0.05) is 17.2 Å². The van der Waals surface area contributed by atoms with Crippen molar-refractivity contribution in [2.75, 3.05) is 26.2 Å². The Labute approximate surface area is 211 Å². The first-order valence-corrected chi connectivity index (χ1v) is 8.99. The van der Waals surface area contributed by atoms with Crippen molar-refractivity contribution in [1.29, 1.82) is 0 Å². The Kier molecular flexibility index (Phi) is 9.54. The van der Waals surface area contributed by atoms with Crippen molar-refractivity contribution in [1.82, 2.24) is 9.80 Å². The number of azide groups is 1. The summed E-state index contributed by atoms with van der Waals surface area (Å²) in [7, 11) is 0. The molecule has 29 heavy (non-hydrogen) atoms. The third kappa shape index (κ3) is 7.78. The summed E-state index contributed by atoms with van der Waals surface area (Å²) in [5.74, 6) is 0. The summed E-state index contributed by atoms with van der Waals surface area (Å²) in [4.78, 5) is 18.3. The monoisotopic (exact) mass is 437 g/mol. The predicted molar refractivity (Wildman–Crippen MR) is 102 cm³/mol. The van der Waals surface area contributed by atoms with Crippen molar-refractivity contribution in [2.24, 2.45) is 5.11 Å². The summed E-state index contributed by atoms with van der Waals surface area (Å²) in [6.07, 6.45) is -0.393. The van der Waals surface area contributed by atoms with Gasteiger partial charge in [-0.15, -0.1) is 5.46 Å². The zero-order valence-corrected chi connectivity index (χ0v) is 20.6. The summed E-state index contributed by atoms with van der Waals surface area (Å²) in [6.45, 7) is 3.97. The molecule has 0 spiro atoms. The van der Waals surface area contributed by atoms with E-state index in [0.717, 1.165) is 12.1 Å². The standard InChI is InChI=1S/C17H24BF3N5O2.K/c1-12-13(9-14(18(19,20)21)10-15(12)23-24-22)11-25-5-7-26(8-6-25)16(27)28-17(2,3)4;/h9-10H,5-8,11H2,1-4H3;/q-1;+1. The zero-order chi connectivity index (χ0) is 21.1. The largest absolute Gasteiger partial charge is 1.00 e. The number of carbonyl (C=O) groups excluding carboxylic acids is 1. The van der Waals surface area contributed by atoms with Crippen LogP contribution in [0.25, 0.3) is 10.4 Å². The molecule has 1 saturated heterocycles. The van der Waals surface area contributed by atoms with E-state index < -0.39 is 24.1 Å². The van der Waals surface area contributed by atoms with Crippen molar-refractivity contribution in [3.63, 3.8) is 0 Å². The van der Waals surface area contributed by atoms with Crippen LogP contribution in [0.1, 0.15) is 31.9 Å². The van der Waals surface area contributed by atoms with Gasteiger partial charge in [0.05, 0.1) is 0 Å². The van der Waals surface area contributed by atoms with E-state index in [1.54, 1.807) is 32.6 Å². The molecule has 0 radical (unpaired) electrons. The minimum Gasteiger partial charge on any atom is -0.445 e. The summed E-state index contributed by atoms with van der Waals surface area (Å²) >= 11 is 0. The minimum atomic E-state index is -5.21. The molecule has 1 heterocycles. The topological polar surface area (TPSA) is 81.5 Å². The first-order valence-electron chi connectivity index (χ1n) is 8.99. The van der Waals surface area contributed by atoms with Gasteiger partial charge in [-0.2, -0.15) is 0 Å². The maximum Gasteiger partial charge on any atom is 1.00 e. The van der Waals surface area contributed by atoms with E-state index in [2.05, 4.69) is 10.0 Å². The van der Waals surface area contributed by atoms with E-state index in [1.165, 1.54) is 0 Å². The number of piperazine rings is 1. The third-order valence-electron chi connectivity index (χ3n) is 4.46. The van der Waals surface area contributed by atoms with Crippen LogP contribution in [0.2, 0.25) is 0 Å². The number of hydrogen-bond acceptors (Lipinski definition) is 4. The van der Waals surface area contributed by atoms with Gasteiger partial charge in [-0.05, 0) is 44.4 Å². The van der Waals surface area contributed by atoms with Gasteiger partial charge < -0.3 is 22.6 Å². The van der Waals surface area contributed by atoms with Crippen molar-refractivity contribution >= 4 is 24.2 Å². The minimum absolute atomic E-state index is 0. The van der Waals surface area contributed by atoms with Gasteiger partial charge in [0, 0.05) is 43.3 Å². The zero-order valence-electron chi connectivity index (χ0n) is 17.5. The second-order valence-corrected chi connectivity index (χ2v) is 7.83. The molecule has 0 unspecified atom stereocenters. The number of benzene rings is 1. The van der Waals surface area contributed by atoms with Crippen LogP contribution in [0.4, 0.5) is 23.4 Å². The molecule has 1 aromatic carbocycles.